The molecule has 0 spiro atoms. The Bertz CT molecular complexity index is 365. The highest BCUT2D eigenvalue weighted by Gasteiger charge is 2.28. The van der Waals surface area contributed by atoms with Crippen LogP contribution in [0.5, 0.6) is 5.75 Å². The molecule has 2 unspecified atom stereocenters. The van der Waals surface area contributed by atoms with Gasteiger partial charge in [0.1, 0.15) is 5.75 Å². The van der Waals surface area contributed by atoms with Crippen LogP contribution in [0.4, 0.5) is 0 Å². The van der Waals surface area contributed by atoms with Gasteiger partial charge in [-0.05, 0) is 11.6 Å². The average Bonchev–Trinajstić information content (AvgIpc) is 2.43. The van der Waals surface area contributed by atoms with E-state index >= 15 is 0 Å². The lowest BCUT2D eigenvalue weighted by Gasteiger charge is -2.06. The lowest BCUT2D eigenvalue weighted by Crippen LogP contribution is -2.09. The second kappa shape index (κ2) is 3.12. The van der Waals surface area contributed by atoms with Gasteiger partial charge in [0.2, 0.25) is 0 Å². The van der Waals surface area contributed by atoms with Crippen molar-refractivity contribution < 1.29 is 8.95 Å². The van der Waals surface area contributed by atoms with Gasteiger partial charge in [0.15, 0.2) is 0 Å². The third kappa shape index (κ3) is 1.26. The fraction of sp³-hybridized carbons (Fsp3) is 0.333. The minimum absolute atomic E-state index is 0.106. The van der Waals surface area contributed by atoms with Crippen molar-refractivity contribution in [3.05, 3.63) is 23.8 Å². The van der Waals surface area contributed by atoms with Gasteiger partial charge < -0.3 is 10.5 Å². The van der Waals surface area contributed by atoms with Crippen LogP contribution in [0.1, 0.15) is 11.6 Å². The number of hydrogen-bond donors (Lipinski definition) is 1. The number of rotatable bonds is 1. The molecule has 1 aromatic carbocycles. The third-order valence-corrected chi connectivity index (χ3v) is 3.74. The summed E-state index contributed by atoms with van der Waals surface area (Å²) in [6, 6.07) is 5.49. The average molecular weight is 197 g/mol. The lowest BCUT2D eigenvalue weighted by atomic mass is 10.1. The molecule has 2 atom stereocenters. The standard InChI is InChI=1S/C9H11NO2S/c1-12-8-4-2-3-6-7(10)5-13(11)9(6)8/h2-4,7H,5,10H2,1H3. The first kappa shape index (κ1) is 8.72. The molecule has 0 saturated heterocycles. The first-order valence-corrected chi connectivity index (χ1v) is 5.37. The lowest BCUT2D eigenvalue weighted by molar-refractivity contribution is 0.403. The molecule has 1 aliphatic rings. The smallest absolute Gasteiger partial charge is 0.135 e. The van der Waals surface area contributed by atoms with E-state index in [9.17, 15) is 4.21 Å². The Kier molecular flexibility index (Phi) is 2.09. The summed E-state index contributed by atoms with van der Waals surface area (Å²) >= 11 is 0. The van der Waals surface area contributed by atoms with Crippen LogP contribution in [0.25, 0.3) is 0 Å². The van der Waals surface area contributed by atoms with E-state index in [0.29, 0.717) is 11.5 Å². The van der Waals surface area contributed by atoms with Gasteiger partial charge in [-0.2, -0.15) is 0 Å². The van der Waals surface area contributed by atoms with Crippen LogP contribution in [-0.4, -0.2) is 17.1 Å². The topological polar surface area (TPSA) is 52.3 Å². The van der Waals surface area contributed by atoms with Crippen molar-refractivity contribution in [1.29, 1.82) is 0 Å². The van der Waals surface area contributed by atoms with Crippen LogP contribution >= 0.6 is 0 Å². The van der Waals surface area contributed by atoms with Crippen molar-refractivity contribution in [2.24, 2.45) is 5.73 Å². The molecular formula is C9H11NO2S. The maximum atomic E-state index is 11.6. The molecule has 1 heterocycles. The van der Waals surface area contributed by atoms with Crippen molar-refractivity contribution >= 4 is 10.8 Å². The highest BCUT2D eigenvalue weighted by atomic mass is 32.2. The number of benzene rings is 1. The Morgan fingerprint density at radius 1 is 1.62 bits per heavy atom. The van der Waals surface area contributed by atoms with E-state index in [0.717, 1.165) is 10.5 Å². The molecule has 2 N–H and O–H groups in total. The Labute approximate surface area is 79.3 Å². The quantitative estimate of drug-likeness (QED) is 0.725. The molecule has 0 aromatic heterocycles. The molecule has 3 nitrogen and oxygen atoms in total. The zero-order chi connectivity index (χ0) is 9.42. The second-order valence-corrected chi connectivity index (χ2v) is 4.43. The van der Waals surface area contributed by atoms with Crippen LogP contribution in [0.15, 0.2) is 23.1 Å². The van der Waals surface area contributed by atoms with Gasteiger partial charge in [0.25, 0.3) is 0 Å². The van der Waals surface area contributed by atoms with Gasteiger partial charge in [-0.1, -0.05) is 12.1 Å². The van der Waals surface area contributed by atoms with Crippen LogP contribution in [0.3, 0.4) is 0 Å². The largest absolute Gasteiger partial charge is 0.495 e. The van der Waals surface area contributed by atoms with Gasteiger partial charge in [-0.3, -0.25) is 4.21 Å². The summed E-state index contributed by atoms with van der Waals surface area (Å²) in [7, 11) is 0.591. The number of ether oxygens (including phenoxy) is 1. The fourth-order valence-electron chi connectivity index (χ4n) is 1.57. The van der Waals surface area contributed by atoms with Crippen molar-refractivity contribution in [2.75, 3.05) is 12.9 Å². The van der Waals surface area contributed by atoms with Gasteiger partial charge in [-0.15, -0.1) is 0 Å². The molecule has 13 heavy (non-hydrogen) atoms. The monoisotopic (exact) mass is 197 g/mol. The predicted octanol–water partition coefficient (Wildman–Crippen LogP) is 0.816. The molecule has 0 aliphatic carbocycles. The summed E-state index contributed by atoms with van der Waals surface area (Å²) in [6.07, 6.45) is 0. The van der Waals surface area contributed by atoms with Gasteiger partial charge in [-0.25, -0.2) is 0 Å². The van der Waals surface area contributed by atoms with E-state index < -0.39 is 10.8 Å². The summed E-state index contributed by atoms with van der Waals surface area (Å²) in [5.41, 5.74) is 6.77. The van der Waals surface area contributed by atoms with Gasteiger partial charge in [0.05, 0.1) is 22.8 Å². The predicted molar refractivity (Wildman–Crippen MR) is 51.2 cm³/mol. The number of methoxy groups -OCH3 is 1. The summed E-state index contributed by atoms with van der Waals surface area (Å²) in [5, 5.41) is 0. The summed E-state index contributed by atoms with van der Waals surface area (Å²) < 4.78 is 16.7. The molecule has 0 radical (unpaired) electrons. The normalized spacial score (nSPS) is 25.7. The van der Waals surface area contributed by atoms with Crippen molar-refractivity contribution in [3.8, 4) is 5.75 Å². The fourth-order valence-corrected chi connectivity index (χ4v) is 3.10. The summed E-state index contributed by atoms with van der Waals surface area (Å²) in [5.74, 6) is 1.19. The first-order chi connectivity index (χ1) is 6.24. The maximum Gasteiger partial charge on any atom is 0.135 e. The maximum absolute atomic E-state index is 11.6. The van der Waals surface area contributed by atoms with Crippen LogP contribution < -0.4 is 10.5 Å². The molecule has 4 heteroatoms. The van der Waals surface area contributed by atoms with Crippen molar-refractivity contribution in [1.82, 2.24) is 0 Å². The zero-order valence-corrected chi connectivity index (χ0v) is 8.14. The van der Waals surface area contributed by atoms with Crippen LogP contribution in [0.2, 0.25) is 0 Å². The molecule has 2 rings (SSSR count). The number of fused-ring (bicyclic) bond motifs is 1. The highest BCUT2D eigenvalue weighted by molar-refractivity contribution is 7.85. The highest BCUT2D eigenvalue weighted by Crippen LogP contribution is 2.35. The molecule has 1 aliphatic heterocycles. The first-order valence-electron chi connectivity index (χ1n) is 4.05. The second-order valence-electron chi connectivity index (χ2n) is 3.00. The molecule has 1 aromatic rings. The van der Waals surface area contributed by atoms with Crippen LogP contribution in [0, 0.1) is 0 Å². The van der Waals surface area contributed by atoms with E-state index in [-0.39, 0.29) is 6.04 Å². The molecule has 0 amide bonds. The molecular weight excluding hydrogens is 186 g/mol. The zero-order valence-electron chi connectivity index (χ0n) is 7.32. The Hall–Kier alpha value is -0.870. The number of nitrogens with two attached hydrogens (primary N) is 1. The van der Waals surface area contributed by atoms with Crippen molar-refractivity contribution in [2.45, 2.75) is 10.9 Å². The molecule has 0 saturated carbocycles. The van der Waals surface area contributed by atoms with Crippen LogP contribution in [-0.2, 0) is 10.8 Å². The molecule has 0 fully saturated rings. The van der Waals surface area contributed by atoms with E-state index in [1.165, 1.54) is 0 Å². The summed E-state index contributed by atoms with van der Waals surface area (Å²) in [6.45, 7) is 0. The minimum atomic E-state index is -0.989. The van der Waals surface area contributed by atoms with Gasteiger partial charge >= 0.3 is 0 Å². The Morgan fingerprint density at radius 2 is 2.38 bits per heavy atom. The van der Waals surface area contributed by atoms with Gasteiger partial charge in [0, 0.05) is 11.8 Å². The van der Waals surface area contributed by atoms with E-state index in [4.69, 9.17) is 10.5 Å². The molecule has 70 valence electrons. The van der Waals surface area contributed by atoms with E-state index in [1.54, 1.807) is 7.11 Å². The Morgan fingerprint density at radius 3 is 3.08 bits per heavy atom. The number of hydrogen-bond acceptors (Lipinski definition) is 3. The Balaban J connectivity index is 2.62. The third-order valence-electron chi connectivity index (χ3n) is 2.19. The SMILES string of the molecule is COc1cccc2c1S(=O)CC2N. The minimum Gasteiger partial charge on any atom is -0.495 e. The summed E-state index contributed by atoms with van der Waals surface area (Å²) in [4.78, 5) is 0.775. The van der Waals surface area contributed by atoms with E-state index in [1.807, 2.05) is 18.2 Å². The van der Waals surface area contributed by atoms with E-state index in [2.05, 4.69) is 0 Å². The van der Waals surface area contributed by atoms with Crippen molar-refractivity contribution in [3.63, 3.8) is 0 Å². The molecule has 0 bridgehead atoms.